The molecule has 134 valence electrons. The Morgan fingerprint density at radius 1 is 1.08 bits per heavy atom. The summed E-state index contributed by atoms with van der Waals surface area (Å²) in [6.45, 7) is 0.562. The standard InChI is InChI=1S/C19H21F2N3.HI/c1-24(2)19(22-12-13-7-4-3-5-8-13)23-17-11-14(17)18-15(20)9-6-10-16(18)21;/h3-10,14,17H,11-12H2,1-2H3,(H,22,23);1H. The molecule has 6 heteroatoms. The second kappa shape index (κ2) is 8.60. The Morgan fingerprint density at radius 3 is 2.32 bits per heavy atom. The van der Waals surface area contributed by atoms with Crippen molar-refractivity contribution in [2.45, 2.75) is 24.9 Å². The highest BCUT2D eigenvalue weighted by Gasteiger charge is 2.42. The average molecular weight is 457 g/mol. The van der Waals surface area contributed by atoms with E-state index in [-0.39, 0.29) is 41.5 Å². The van der Waals surface area contributed by atoms with Crippen molar-refractivity contribution in [3.63, 3.8) is 0 Å². The average Bonchev–Trinajstić information content (AvgIpc) is 3.31. The van der Waals surface area contributed by atoms with E-state index in [1.54, 1.807) is 0 Å². The normalized spacial score (nSPS) is 19.1. The molecule has 1 aliphatic carbocycles. The molecule has 3 nitrogen and oxygen atoms in total. The summed E-state index contributed by atoms with van der Waals surface area (Å²) >= 11 is 0. The van der Waals surface area contributed by atoms with Crippen molar-refractivity contribution in [3.8, 4) is 0 Å². The third-order valence-electron chi connectivity index (χ3n) is 4.15. The van der Waals surface area contributed by atoms with Gasteiger partial charge in [-0.3, -0.25) is 0 Å². The van der Waals surface area contributed by atoms with Gasteiger partial charge in [0.05, 0.1) is 6.54 Å². The Hall–Kier alpha value is -1.70. The molecule has 1 fully saturated rings. The first-order chi connectivity index (χ1) is 11.6. The highest BCUT2D eigenvalue weighted by molar-refractivity contribution is 14.0. The number of guanidine groups is 1. The molecule has 2 unspecified atom stereocenters. The van der Waals surface area contributed by atoms with Crippen molar-refractivity contribution in [2.24, 2.45) is 4.99 Å². The first-order valence-electron chi connectivity index (χ1n) is 8.02. The van der Waals surface area contributed by atoms with E-state index in [0.717, 1.165) is 11.5 Å². The Bertz CT molecular complexity index is 714. The second-order valence-corrected chi connectivity index (χ2v) is 6.25. The van der Waals surface area contributed by atoms with Crippen LogP contribution in [0.2, 0.25) is 0 Å². The van der Waals surface area contributed by atoms with Crippen LogP contribution < -0.4 is 5.32 Å². The minimum atomic E-state index is -0.475. The van der Waals surface area contributed by atoms with Gasteiger partial charge >= 0.3 is 0 Å². The van der Waals surface area contributed by atoms with E-state index < -0.39 is 11.6 Å². The molecular formula is C19H22F2IN3. The number of hydrogen-bond donors (Lipinski definition) is 1. The van der Waals surface area contributed by atoms with Gasteiger partial charge in [-0.15, -0.1) is 24.0 Å². The molecule has 2 atom stereocenters. The second-order valence-electron chi connectivity index (χ2n) is 6.25. The summed E-state index contributed by atoms with van der Waals surface area (Å²) < 4.78 is 27.7. The van der Waals surface area contributed by atoms with Crippen LogP contribution in [0.25, 0.3) is 0 Å². The maximum absolute atomic E-state index is 13.9. The molecule has 2 aromatic carbocycles. The molecule has 1 saturated carbocycles. The molecule has 3 rings (SSSR count). The van der Waals surface area contributed by atoms with Crippen LogP contribution in [0.3, 0.4) is 0 Å². The summed E-state index contributed by atoms with van der Waals surface area (Å²) in [7, 11) is 3.80. The number of nitrogens with zero attached hydrogens (tertiary/aromatic N) is 2. The van der Waals surface area contributed by atoms with Crippen LogP contribution in [0.1, 0.15) is 23.5 Å². The van der Waals surface area contributed by atoms with Gasteiger partial charge in [0, 0.05) is 31.6 Å². The van der Waals surface area contributed by atoms with Crippen molar-refractivity contribution >= 4 is 29.9 Å². The first kappa shape index (κ1) is 19.6. The van der Waals surface area contributed by atoms with E-state index in [4.69, 9.17) is 0 Å². The summed E-state index contributed by atoms with van der Waals surface area (Å²) in [6.07, 6.45) is 0.704. The summed E-state index contributed by atoms with van der Waals surface area (Å²) in [6, 6.07) is 14.0. The Kier molecular flexibility index (Phi) is 6.75. The van der Waals surface area contributed by atoms with Crippen molar-refractivity contribution in [1.29, 1.82) is 0 Å². The number of hydrogen-bond acceptors (Lipinski definition) is 1. The summed E-state index contributed by atoms with van der Waals surface area (Å²) in [4.78, 5) is 6.48. The minimum Gasteiger partial charge on any atom is -0.353 e. The molecule has 0 radical (unpaired) electrons. The maximum Gasteiger partial charge on any atom is 0.193 e. The predicted molar refractivity (Wildman–Crippen MR) is 107 cm³/mol. The molecule has 0 aliphatic heterocycles. The molecule has 0 saturated heterocycles. The Balaban J connectivity index is 0.00000225. The summed E-state index contributed by atoms with van der Waals surface area (Å²) in [5.74, 6) is -0.370. The molecule has 0 aromatic heterocycles. The highest BCUT2D eigenvalue weighted by Crippen LogP contribution is 2.43. The zero-order chi connectivity index (χ0) is 17.1. The van der Waals surface area contributed by atoms with Gasteiger partial charge in [0.15, 0.2) is 5.96 Å². The largest absolute Gasteiger partial charge is 0.353 e. The van der Waals surface area contributed by atoms with Gasteiger partial charge in [0.1, 0.15) is 11.6 Å². The van der Waals surface area contributed by atoms with Gasteiger partial charge in [-0.2, -0.15) is 0 Å². The van der Waals surface area contributed by atoms with Crippen molar-refractivity contribution in [3.05, 3.63) is 71.3 Å². The van der Waals surface area contributed by atoms with Crippen LogP contribution in [-0.4, -0.2) is 31.0 Å². The first-order valence-corrected chi connectivity index (χ1v) is 8.02. The van der Waals surface area contributed by atoms with E-state index in [1.807, 2.05) is 49.3 Å². The molecular weight excluding hydrogens is 435 g/mol. The molecule has 0 bridgehead atoms. The van der Waals surface area contributed by atoms with Crippen LogP contribution in [0.5, 0.6) is 0 Å². The molecule has 1 aliphatic rings. The lowest BCUT2D eigenvalue weighted by Gasteiger charge is -2.18. The number of benzene rings is 2. The molecule has 0 spiro atoms. The topological polar surface area (TPSA) is 27.6 Å². The number of halogens is 3. The fraction of sp³-hybridized carbons (Fsp3) is 0.316. The van der Waals surface area contributed by atoms with Gasteiger partial charge in [-0.05, 0) is 24.1 Å². The van der Waals surface area contributed by atoms with Crippen molar-refractivity contribution < 1.29 is 8.78 Å². The fourth-order valence-electron chi connectivity index (χ4n) is 2.77. The number of rotatable bonds is 4. The SMILES string of the molecule is CN(C)C(=NCc1ccccc1)NC1CC1c1c(F)cccc1F.I. The van der Waals surface area contributed by atoms with Crippen LogP contribution in [0.4, 0.5) is 8.78 Å². The number of aliphatic imine (C=N–C) groups is 1. The molecule has 0 heterocycles. The van der Waals surface area contributed by atoms with E-state index >= 15 is 0 Å². The van der Waals surface area contributed by atoms with Gasteiger partial charge in [-0.1, -0.05) is 36.4 Å². The van der Waals surface area contributed by atoms with Gasteiger partial charge < -0.3 is 10.2 Å². The monoisotopic (exact) mass is 457 g/mol. The van der Waals surface area contributed by atoms with E-state index in [2.05, 4.69) is 10.3 Å². The minimum absolute atomic E-state index is 0. The smallest absolute Gasteiger partial charge is 0.193 e. The van der Waals surface area contributed by atoms with E-state index in [1.165, 1.54) is 18.2 Å². The van der Waals surface area contributed by atoms with Crippen LogP contribution in [0, 0.1) is 11.6 Å². The third kappa shape index (κ3) is 4.90. The highest BCUT2D eigenvalue weighted by atomic mass is 127. The Labute approximate surface area is 164 Å². The van der Waals surface area contributed by atoms with E-state index in [0.29, 0.717) is 13.0 Å². The quantitative estimate of drug-likeness (QED) is 0.425. The molecule has 1 N–H and O–H groups in total. The van der Waals surface area contributed by atoms with E-state index in [9.17, 15) is 8.78 Å². The molecule has 2 aromatic rings. The van der Waals surface area contributed by atoms with Crippen LogP contribution in [0.15, 0.2) is 53.5 Å². The Morgan fingerprint density at radius 2 is 1.72 bits per heavy atom. The van der Waals surface area contributed by atoms with Gasteiger partial charge in [0.25, 0.3) is 0 Å². The van der Waals surface area contributed by atoms with Crippen LogP contribution >= 0.6 is 24.0 Å². The maximum atomic E-state index is 13.9. The third-order valence-corrected chi connectivity index (χ3v) is 4.15. The zero-order valence-electron chi connectivity index (χ0n) is 14.2. The molecule has 25 heavy (non-hydrogen) atoms. The lowest BCUT2D eigenvalue weighted by atomic mass is 10.1. The zero-order valence-corrected chi connectivity index (χ0v) is 16.6. The summed E-state index contributed by atoms with van der Waals surface area (Å²) in [5, 5.41) is 3.31. The van der Waals surface area contributed by atoms with Crippen LogP contribution in [-0.2, 0) is 6.54 Å². The number of nitrogens with one attached hydrogen (secondary N) is 1. The van der Waals surface area contributed by atoms with Gasteiger partial charge in [-0.25, -0.2) is 13.8 Å². The fourth-order valence-corrected chi connectivity index (χ4v) is 2.77. The summed E-state index contributed by atoms with van der Waals surface area (Å²) in [5.41, 5.74) is 1.29. The van der Waals surface area contributed by atoms with Gasteiger partial charge in [0.2, 0.25) is 0 Å². The predicted octanol–water partition coefficient (Wildman–Crippen LogP) is 4.15. The lowest BCUT2D eigenvalue weighted by Crippen LogP contribution is -2.38. The van der Waals surface area contributed by atoms with Crippen molar-refractivity contribution in [1.82, 2.24) is 10.2 Å². The lowest BCUT2D eigenvalue weighted by molar-refractivity contribution is 0.548. The molecule has 0 amide bonds. The van der Waals surface area contributed by atoms with Crippen molar-refractivity contribution in [2.75, 3.05) is 14.1 Å².